The number of carbonyl (C=O) groups excluding carboxylic acids is 2. The fraction of sp³-hybridized carbons (Fsp3) is 0.150. The number of nitrogens with zero attached hydrogens (tertiary/aromatic N) is 1. The third kappa shape index (κ3) is 4.92. The molecule has 0 saturated carbocycles. The lowest BCUT2D eigenvalue weighted by Crippen LogP contribution is -2.43. The first-order chi connectivity index (χ1) is 13.0. The van der Waals surface area contributed by atoms with Crippen LogP contribution in [0.15, 0.2) is 54.6 Å². The SMILES string of the molecule is Cc1cccc(OCC(=O)NNC(=O)c2sc(-c3ccccc3)nc2C)c1. The quantitative estimate of drug-likeness (QED) is 0.665. The van der Waals surface area contributed by atoms with E-state index in [9.17, 15) is 9.59 Å². The molecule has 0 aliphatic rings. The smallest absolute Gasteiger partial charge is 0.281 e. The molecule has 138 valence electrons. The molecule has 0 radical (unpaired) electrons. The number of amides is 2. The second-order valence-electron chi connectivity index (χ2n) is 5.91. The minimum atomic E-state index is -0.449. The van der Waals surface area contributed by atoms with Crippen molar-refractivity contribution in [2.24, 2.45) is 0 Å². The molecule has 1 aromatic heterocycles. The van der Waals surface area contributed by atoms with Crippen LogP contribution in [0.3, 0.4) is 0 Å². The van der Waals surface area contributed by atoms with Gasteiger partial charge in [-0.3, -0.25) is 20.4 Å². The molecule has 0 aliphatic heterocycles. The maximum atomic E-state index is 12.3. The van der Waals surface area contributed by atoms with E-state index in [1.54, 1.807) is 13.0 Å². The number of hydrazine groups is 1. The Bertz CT molecular complexity index is 954. The summed E-state index contributed by atoms with van der Waals surface area (Å²) in [5, 5.41) is 0.757. The van der Waals surface area contributed by atoms with Crippen molar-refractivity contribution in [3.63, 3.8) is 0 Å². The predicted octanol–water partition coefficient (Wildman–Crippen LogP) is 3.27. The third-order valence-corrected chi connectivity index (χ3v) is 4.90. The van der Waals surface area contributed by atoms with Crippen LogP contribution >= 0.6 is 11.3 Å². The number of ether oxygens (including phenoxy) is 1. The first-order valence-corrected chi connectivity index (χ1v) is 9.16. The van der Waals surface area contributed by atoms with Crippen molar-refractivity contribution in [2.75, 3.05) is 6.61 Å². The van der Waals surface area contributed by atoms with Crippen molar-refractivity contribution >= 4 is 23.2 Å². The zero-order valence-corrected chi connectivity index (χ0v) is 15.8. The third-order valence-electron chi connectivity index (χ3n) is 3.70. The van der Waals surface area contributed by atoms with Crippen molar-refractivity contribution < 1.29 is 14.3 Å². The molecule has 7 heteroatoms. The van der Waals surface area contributed by atoms with Gasteiger partial charge in [-0.15, -0.1) is 11.3 Å². The maximum absolute atomic E-state index is 12.3. The van der Waals surface area contributed by atoms with Gasteiger partial charge in [0.05, 0.1) is 5.69 Å². The van der Waals surface area contributed by atoms with Crippen molar-refractivity contribution in [1.29, 1.82) is 0 Å². The highest BCUT2D eigenvalue weighted by atomic mass is 32.1. The molecule has 0 aliphatic carbocycles. The maximum Gasteiger partial charge on any atom is 0.281 e. The Balaban J connectivity index is 1.54. The van der Waals surface area contributed by atoms with Gasteiger partial charge in [-0.2, -0.15) is 0 Å². The summed E-state index contributed by atoms with van der Waals surface area (Å²) in [5.41, 5.74) is 7.36. The van der Waals surface area contributed by atoms with Gasteiger partial charge in [0.1, 0.15) is 15.6 Å². The number of nitrogens with one attached hydrogen (secondary N) is 2. The van der Waals surface area contributed by atoms with E-state index >= 15 is 0 Å². The van der Waals surface area contributed by atoms with Gasteiger partial charge in [0.15, 0.2) is 6.61 Å². The van der Waals surface area contributed by atoms with Crippen LogP contribution in [-0.4, -0.2) is 23.4 Å². The first-order valence-electron chi connectivity index (χ1n) is 8.34. The molecule has 1 heterocycles. The fourth-order valence-electron chi connectivity index (χ4n) is 2.38. The van der Waals surface area contributed by atoms with Crippen LogP contribution < -0.4 is 15.6 Å². The van der Waals surface area contributed by atoms with Gasteiger partial charge in [0.25, 0.3) is 11.8 Å². The highest BCUT2D eigenvalue weighted by Crippen LogP contribution is 2.27. The molecule has 3 rings (SSSR count). The van der Waals surface area contributed by atoms with E-state index in [0.29, 0.717) is 16.3 Å². The van der Waals surface area contributed by atoms with Gasteiger partial charge < -0.3 is 4.74 Å². The summed E-state index contributed by atoms with van der Waals surface area (Å²) in [5.74, 6) is -0.256. The number of thiazole rings is 1. The van der Waals surface area contributed by atoms with E-state index in [2.05, 4.69) is 15.8 Å². The van der Waals surface area contributed by atoms with E-state index in [0.717, 1.165) is 16.1 Å². The van der Waals surface area contributed by atoms with E-state index in [1.807, 2.05) is 55.5 Å². The summed E-state index contributed by atoms with van der Waals surface area (Å²) in [7, 11) is 0. The highest BCUT2D eigenvalue weighted by Gasteiger charge is 2.16. The molecule has 0 saturated heterocycles. The standard InChI is InChI=1S/C20H19N3O3S/c1-13-7-6-10-16(11-13)26-12-17(24)22-23-19(25)18-14(2)21-20(27-18)15-8-4-3-5-9-15/h3-11H,12H2,1-2H3,(H,22,24)(H,23,25). The van der Waals surface area contributed by atoms with Crippen LogP contribution in [-0.2, 0) is 4.79 Å². The summed E-state index contributed by atoms with van der Waals surface area (Å²) in [6, 6.07) is 17.0. The normalized spacial score (nSPS) is 10.3. The van der Waals surface area contributed by atoms with E-state index < -0.39 is 11.8 Å². The van der Waals surface area contributed by atoms with Crippen LogP contribution in [0.5, 0.6) is 5.75 Å². The number of rotatable bonds is 5. The molecule has 0 atom stereocenters. The molecule has 0 fully saturated rings. The van der Waals surface area contributed by atoms with Crippen LogP contribution in [0.25, 0.3) is 10.6 Å². The van der Waals surface area contributed by atoms with Crippen LogP contribution in [0.2, 0.25) is 0 Å². The number of carbonyl (C=O) groups is 2. The molecule has 6 nitrogen and oxygen atoms in total. The number of hydrogen-bond acceptors (Lipinski definition) is 5. The van der Waals surface area contributed by atoms with Gasteiger partial charge >= 0.3 is 0 Å². The summed E-state index contributed by atoms with van der Waals surface area (Å²) >= 11 is 1.28. The molecule has 2 N–H and O–H groups in total. The van der Waals surface area contributed by atoms with Crippen molar-refractivity contribution in [3.05, 3.63) is 70.7 Å². The van der Waals surface area contributed by atoms with E-state index in [1.165, 1.54) is 11.3 Å². The number of aromatic nitrogens is 1. The zero-order valence-electron chi connectivity index (χ0n) is 15.0. The topological polar surface area (TPSA) is 80.3 Å². The Morgan fingerprint density at radius 3 is 2.56 bits per heavy atom. The Kier molecular flexibility index (Phi) is 5.83. The summed E-state index contributed by atoms with van der Waals surface area (Å²) in [4.78, 5) is 29.1. The molecule has 3 aromatic rings. The van der Waals surface area contributed by atoms with E-state index in [4.69, 9.17) is 4.74 Å². The Hall–Kier alpha value is -3.19. The summed E-state index contributed by atoms with van der Waals surface area (Å²) in [6.45, 7) is 3.51. The molecule has 27 heavy (non-hydrogen) atoms. The monoisotopic (exact) mass is 381 g/mol. The number of aryl methyl sites for hydroxylation is 2. The lowest BCUT2D eigenvalue weighted by atomic mass is 10.2. The van der Waals surface area contributed by atoms with Gasteiger partial charge in [-0.25, -0.2) is 4.98 Å². The molecule has 0 bridgehead atoms. The highest BCUT2D eigenvalue weighted by molar-refractivity contribution is 7.17. The zero-order chi connectivity index (χ0) is 19.2. The van der Waals surface area contributed by atoms with Gasteiger partial charge in [0, 0.05) is 5.56 Å². The second-order valence-corrected chi connectivity index (χ2v) is 6.91. The molecule has 2 amide bonds. The number of benzene rings is 2. The fourth-order valence-corrected chi connectivity index (χ4v) is 3.35. The minimum Gasteiger partial charge on any atom is -0.484 e. The largest absolute Gasteiger partial charge is 0.484 e. The molecular weight excluding hydrogens is 362 g/mol. The first kappa shape index (κ1) is 18.6. The summed E-state index contributed by atoms with van der Waals surface area (Å²) in [6.07, 6.45) is 0. The van der Waals surface area contributed by atoms with Crippen LogP contribution in [0.1, 0.15) is 20.9 Å². The molecular formula is C20H19N3O3S. The van der Waals surface area contributed by atoms with Crippen molar-refractivity contribution in [1.82, 2.24) is 15.8 Å². The molecule has 2 aromatic carbocycles. The molecule has 0 unspecified atom stereocenters. The van der Waals surface area contributed by atoms with Crippen molar-refractivity contribution in [2.45, 2.75) is 13.8 Å². The van der Waals surface area contributed by atoms with Crippen molar-refractivity contribution in [3.8, 4) is 16.3 Å². The van der Waals surface area contributed by atoms with Gasteiger partial charge in [-0.05, 0) is 31.5 Å². The molecule has 0 spiro atoms. The Morgan fingerprint density at radius 2 is 1.81 bits per heavy atom. The summed E-state index contributed by atoms with van der Waals surface area (Å²) < 4.78 is 5.40. The van der Waals surface area contributed by atoms with Gasteiger partial charge in [0.2, 0.25) is 0 Å². The average Bonchev–Trinajstić information content (AvgIpc) is 3.07. The average molecular weight is 381 g/mol. The minimum absolute atomic E-state index is 0.194. The van der Waals surface area contributed by atoms with Crippen LogP contribution in [0.4, 0.5) is 0 Å². The Morgan fingerprint density at radius 1 is 1.04 bits per heavy atom. The second kappa shape index (κ2) is 8.46. The Labute approximate surface area is 161 Å². The van der Waals surface area contributed by atoms with Crippen LogP contribution in [0, 0.1) is 13.8 Å². The number of hydrogen-bond donors (Lipinski definition) is 2. The van der Waals surface area contributed by atoms with E-state index in [-0.39, 0.29) is 6.61 Å². The lowest BCUT2D eigenvalue weighted by molar-refractivity contribution is -0.123. The predicted molar refractivity (Wildman–Crippen MR) is 105 cm³/mol. The lowest BCUT2D eigenvalue weighted by Gasteiger charge is -2.08. The van der Waals surface area contributed by atoms with Gasteiger partial charge in [-0.1, -0.05) is 42.5 Å².